The maximum absolute atomic E-state index is 12.2. The zero-order valence-corrected chi connectivity index (χ0v) is 11.9. The van der Waals surface area contributed by atoms with Crippen LogP contribution in [0.15, 0.2) is 60.7 Å². The van der Waals surface area contributed by atoms with Gasteiger partial charge in [-0.25, -0.2) is 0 Å². The largest absolute Gasteiger partial charge is 0.354 e. The summed E-state index contributed by atoms with van der Waals surface area (Å²) < 4.78 is 0. The molecule has 2 heteroatoms. The molecule has 2 nitrogen and oxygen atoms in total. The lowest BCUT2D eigenvalue weighted by Crippen LogP contribution is -2.05. The zero-order valence-electron chi connectivity index (χ0n) is 11.9. The van der Waals surface area contributed by atoms with E-state index >= 15 is 0 Å². The topological polar surface area (TPSA) is 32.9 Å². The van der Waals surface area contributed by atoms with Crippen molar-refractivity contribution in [2.24, 2.45) is 0 Å². The molecule has 3 aromatic carbocycles. The minimum atomic E-state index is 0.109. The number of hydrogen-bond acceptors (Lipinski definition) is 1. The lowest BCUT2D eigenvalue weighted by atomic mass is 9.91. The van der Waals surface area contributed by atoms with E-state index in [1.54, 1.807) is 6.08 Å². The van der Waals surface area contributed by atoms with Gasteiger partial charge in [0.1, 0.15) is 0 Å². The van der Waals surface area contributed by atoms with Gasteiger partial charge in [-0.15, -0.1) is 0 Å². The Bertz CT molecular complexity index is 1110. The molecule has 1 heterocycles. The van der Waals surface area contributed by atoms with Gasteiger partial charge in [0.2, 0.25) is 0 Å². The van der Waals surface area contributed by atoms with Crippen molar-refractivity contribution in [1.82, 2.24) is 4.98 Å². The number of rotatable bonds is 0. The van der Waals surface area contributed by atoms with Crippen LogP contribution in [0, 0.1) is 0 Å². The van der Waals surface area contributed by atoms with Crippen LogP contribution < -0.4 is 0 Å². The van der Waals surface area contributed by atoms with E-state index in [1.807, 2.05) is 18.2 Å². The van der Waals surface area contributed by atoms with E-state index in [2.05, 4.69) is 41.4 Å². The molecule has 104 valence electrons. The van der Waals surface area contributed by atoms with Crippen LogP contribution in [0.1, 0.15) is 15.9 Å². The Kier molecular flexibility index (Phi) is 2.18. The zero-order chi connectivity index (χ0) is 14.7. The number of hydrogen-bond donors (Lipinski definition) is 1. The van der Waals surface area contributed by atoms with E-state index in [1.165, 1.54) is 21.5 Å². The summed E-state index contributed by atoms with van der Waals surface area (Å²) in [5.74, 6) is 0.109. The van der Waals surface area contributed by atoms with Crippen molar-refractivity contribution >= 4 is 38.4 Å². The van der Waals surface area contributed by atoms with Gasteiger partial charge >= 0.3 is 0 Å². The van der Waals surface area contributed by atoms with Gasteiger partial charge in [0.25, 0.3) is 0 Å². The van der Waals surface area contributed by atoms with Crippen LogP contribution >= 0.6 is 0 Å². The molecular formula is C20H13NO. The molecule has 1 N–H and O–H groups in total. The van der Waals surface area contributed by atoms with Crippen molar-refractivity contribution in [3.8, 4) is 0 Å². The van der Waals surface area contributed by atoms with E-state index in [-0.39, 0.29) is 5.78 Å². The van der Waals surface area contributed by atoms with Crippen molar-refractivity contribution in [3.63, 3.8) is 0 Å². The van der Waals surface area contributed by atoms with E-state index in [0.29, 0.717) is 0 Å². The number of allylic oxidation sites excluding steroid dienone is 2. The summed E-state index contributed by atoms with van der Waals surface area (Å²) in [4.78, 5) is 15.7. The Balaban J connectivity index is 2.07. The van der Waals surface area contributed by atoms with Gasteiger partial charge < -0.3 is 4.98 Å². The first-order valence-corrected chi connectivity index (χ1v) is 7.49. The van der Waals surface area contributed by atoms with Crippen LogP contribution in [-0.2, 0) is 6.42 Å². The van der Waals surface area contributed by atoms with E-state index in [0.717, 1.165) is 28.6 Å². The second-order valence-electron chi connectivity index (χ2n) is 5.82. The lowest BCUT2D eigenvalue weighted by Gasteiger charge is -2.11. The standard InChI is InChI=1S/C20H13NO/c22-18-7-3-6-15-14(18)9-11-17-20(15)19-13-5-2-1-4-12(13)8-10-16(19)21-17/h1-5,7-11,21H,6H2. The Labute approximate surface area is 127 Å². The highest BCUT2D eigenvalue weighted by Crippen LogP contribution is 2.36. The summed E-state index contributed by atoms with van der Waals surface area (Å²) in [5, 5.41) is 4.89. The van der Waals surface area contributed by atoms with Crippen molar-refractivity contribution in [2.75, 3.05) is 0 Å². The molecule has 0 atom stereocenters. The van der Waals surface area contributed by atoms with Crippen molar-refractivity contribution in [2.45, 2.75) is 6.42 Å². The number of benzene rings is 3. The Morgan fingerprint density at radius 1 is 0.864 bits per heavy atom. The summed E-state index contributed by atoms with van der Waals surface area (Å²) in [6, 6.07) is 16.7. The minimum Gasteiger partial charge on any atom is -0.354 e. The molecule has 0 amide bonds. The molecule has 0 aliphatic heterocycles. The summed E-state index contributed by atoms with van der Waals surface area (Å²) in [7, 11) is 0. The number of H-pyrrole nitrogens is 1. The number of carbonyl (C=O) groups is 1. The number of fused-ring (bicyclic) bond motifs is 7. The summed E-state index contributed by atoms with van der Waals surface area (Å²) in [5.41, 5.74) is 4.22. The predicted octanol–water partition coefficient (Wildman–Crippen LogP) is 4.77. The number of aromatic amines is 1. The molecule has 0 spiro atoms. The van der Waals surface area contributed by atoms with E-state index in [4.69, 9.17) is 0 Å². The number of carbonyl (C=O) groups excluding carboxylic acids is 1. The highest BCUT2D eigenvalue weighted by molar-refractivity contribution is 6.23. The maximum Gasteiger partial charge on any atom is 0.185 e. The first kappa shape index (κ1) is 11.8. The van der Waals surface area contributed by atoms with Crippen LogP contribution in [0.25, 0.3) is 32.6 Å². The molecule has 1 aliphatic carbocycles. The van der Waals surface area contributed by atoms with Crippen LogP contribution in [-0.4, -0.2) is 10.8 Å². The van der Waals surface area contributed by atoms with Gasteiger partial charge in [0.15, 0.2) is 5.78 Å². The Hall–Kier alpha value is -2.87. The van der Waals surface area contributed by atoms with Crippen LogP contribution in [0.2, 0.25) is 0 Å². The molecule has 4 aromatic rings. The van der Waals surface area contributed by atoms with Gasteiger partial charge in [-0.2, -0.15) is 0 Å². The van der Waals surface area contributed by atoms with E-state index in [9.17, 15) is 4.79 Å². The number of ketones is 1. The highest BCUT2D eigenvalue weighted by atomic mass is 16.1. The first-order chi connectivity index (χ1) is 10.8. The third-order valence-corrected chi connectivity index (χ3v) is 4.62. The molecule has 0 fully saturated rings. The van der Waals surface area contributed by atoms with Gasteiger partial charge in [-0.1, -0.05) is 36.4 Å². The third-order valence-electron chi connectivity index (χ3n) is 4.62. The van der Waals surface area contributed by atoms with Gasteiger partial charge in [-0.05, 0) is 47.0 Å². The van der Waals surface area contributed by atoms with Gasteiger partial charge in [0.05, 0.1) is 0 Å². The van der Waals surface area contributed by atoms with Crippen LogP contribution in [0.4, 0.5) is 0 Å². The molecule has 0 bridgehead atoms. The fraction of sp³-hybridized carbons (Fsp3) is 0.0500. The van der Waals surface area contributed by atoms with Gasteiger partial charge in [-0.3, -0.25) is 4.79 Å². The fourth-order valence-electron chi connectivity index (χ4n) is 3.64. The molecule has 0 unspecified atom stereocenters. The smallest absolute Gasteiger partial charge is 0.185 e. The van der Waals surface area contributed by atoms with Crippen molar-refractivity contribution in [1.29, 1.82) is 0 Å². The average molecular weight is 283 g/mol. The maximum atomic E-state index is 12.2. The van der Waals surface area contributed by atoms with Crippen molar-refractivity contribution in [3.05, 3.63) is 71.8 Å². The number of nitrogens with one attached hydrogen (secondary N) is 1. The molecule has 0 saturated heterocycles. The molecule has 1 aliphatic rings. The van der Waals surface area contributed by atoms with Crippen LogP contribution in [0.5, 0.6) is 0 Å². The van der Waals surface area contributed by atoms with Gasteiger partial charge in [0, 0.05) is 27.4 Å². The lowest BCUT2D eigenvalue weighted by molar-refractivity contribution is 0.104. The quantitative estimate of drug-likeness (QED) is 0.495. The van der Waals surface area contributed by atoms with Crippen molar-refractivity contribution < 1.29 is 4.79 Å². The summed E-state index contributed by atoms with van der Waals surface area (Å²) in [6.45, 7) is 0. The number of aromatic nitrogens is 1. The normalized spacial score (nSPS) is 14.1. The fourth-order valence-corrected chi connectivity index (χ4v) is 3.64. The Morgan fingerprint density at radius 2 is 1.68 bits per heavy atom. The summed E-state index contributed by atoms with van der Waals surface area (Å²) >= 11 is 0. The predicted molar refractivity (Wildman–Crippen MR) is 90.5 cm³/mol. The Morgan fingerprint density at radius 3 is 2.64 bits per heavy atom. The van der Waals surface area contributed by atoms with Crippen LogP contribution in [0.3, 0.4) is 0 Å². The molecule has 5 rings (SSSR count). The molecule has 1 aromatic heterocycles. The van der Waals surface area contributed by atoms with E-state index < -0.39 is 0 Å². The average Bonchev–Trinajstić information content (AvgIpc) is 2.94. The minimum absolute atomic E-state index is 0.109. The second-order valence-corrected chi connectivity index (χ2v) is 5.82. The molecule has 22 heavy (non-hydrogen) atoms. The third kappa shape index (κ3) is 1.41. The molecule has 0 saturated carbocycles. The molecule has 0 radical (unpaired) electrons. The monoisotopic (exact) mass is 283 g/mol. The second kappa shape index (κ2) is 4.08. The molecular weight excluding hydrogens is 270 g/mol. The highest BCUT2D eigenvalue weighted by Gasteiger charge is 2.19. The SMILES string of the molecule is O=C1C=CCc2c1ccc1[nH]c3ccc4ccccc4c3c21. The summed E-state index contributed by atoms with van der Waals surface area (Å²) in [6.07, 6.45) is 4.46. The first-order valence-electron chi connectivity index (χ1n) is 7.49.